The van der Waals surface area contributed by atoms with Gasteiger partial charge in [0.15, 0.2) is 23.8 Å². The normalized spacial score (nSPS) is 12.5. The Labute approximate surface area is 333 Å². The topological polar surface area (TPSA) is 174 Å². The van der Waals surface area contributed by atoms with Gasteiger partial charge in [-0.1, -0.05) is 62.4 Å². The molecule has 0 aliphatic rings. The highest BCUT2D eigenvalue weighted by molar-refractivity contribution is 7.17. The van der Waals surface area contributed by atoms with E-state index in [0.29, 0.717) is 34.7 Å². The number of aliphatic carboxylic acids is 2. The molecule has 0 aliphatic heterocycles. The lowest BCUT2D eigenvalue weighted by Gasteiger charge is -2.27. The Hall–Kier alpha value is -5.56. The number of carbonyl (C=O) groups is 3. The molecule has 0 radical (unpaired) electrons. The van der Waals surface area contributed by atoms with E-state index in [1.807, 2.05) is 38.1 Å². The van der Waals surface area contributed by atoms with Gasteiger partial charge in [-0.15, -0.1) is 11.3 Å². The van der Waals surface area contributed by atoms with Crippen molar-refractivity contribution < 1.29 is 56.8 Å². The molecule has 5 rings (SSSR count). The summed E-state index contributed by atoms with van der Waals surface area (Å²) >= 11 is 1.22. The molecule has 18 heteroatoms. The summed E-state index contributed by atoms with van der Waals surface area (Å²) in [4.78, 5) is 54.6. The Bertz CT molecular complexity index is 2230. The second-order valence-electron chi connectivity index (χ2n) is 12.9. The number of amides is 1. The Kier molecular flexibility index (Phi) is 15.7. The number of nitrogens with zero attached hydrogens (tertiary/aromatic N) is 4. The number of carbonyl (C=O) groups excluding carboxylic acids is 1. The summed E-state index contributed by atoms with van der Waals surface area (Å²) in [5, 5.41) is 34.3. The summed E-state index contributed by atoms with van der Waals surface area (Å²) in [5.41, 5.74) is 1.75. The first-order valence-electron chi connectivity index (χ1n) is 17.9. The largest absolute Gasteiger partial charge is 0.479 e. The number of thiophene rings is 1. The van der Waals surface area contributed by atoms with Gasteiger partial charge < -0.3 is 34.8 Å². The van der Waals surface area contributed by atoms with E-state index in [0.717, 1.165) is 42.4 Å². The number of aromatic nitrogens is 2. The van der Waals surface area contributed by atoms with Gasteiger partial charge in [0.1, 0.15) is 17.1 Å². The Morgan fingerprint density at radius 3 is 1.97 bits per heavy atom. The summed E-state index contributed by atoms with van der Waals surface area (Å²) in [6.07, 6.45) is -8.75. The van der Waals surface area contributed by atoms with Crippen LogP contribution >= 0.6 is 11.3 Å². The summed E-state index contributed by atoms with van der Waals surface area (Å²) in [7, 11) is 0. The molecule has 58 heavy (non-hydrogen) atoms. The number of fused-ring (bicyclic) bond motifs is 1. The number of carboxylic acids is 2. The number of likely N-dealkylation sites (N-methyl/N-ethyl adjacent to an activating group) is 1. The quantitative estimate of drug-likeness (QED) is 0.0937. The van der Waals surface area contributed by atoms with Crippen molar-refractivity contribution in [2.75, 3.05) is 26.2 Å². The fraction of sp³-hybridized carbons (Fsp3) is 0.325. The molecule has 2 heterocycles. The molecule has 5 aromatic rings. The standard InChI is InChI=1S/C36H35F5N4O2S.C4H6O6/c1-3-43(4-2)19-20-44(22-24-8-10-25(11-9-24)26-12-15-28(16-13-26)36(39,40)41)32(46)23-45-30-18-21-48-34(30)35(47)42-31(45)17-14-27-6-5-7-29(37)33(27)38;5-1(3(7)8)2(6)4(9)10/h5-13,15-16,18,21H,3-4,14,17,19-20,22-23H2,1-2H3;1-2,5-6H,(H,7,8)(H,9,10). The van der Waals surface area contributed by atoms with Crippen LogP contribution < -0.4 is 5.56 Å². The van der Waals surface area contributed by atoms with E-state index in [1.165, 1.54) is 35.6 Å². The van der Waals surface area contributed by atoms with Crippen LogP contribution in [0.15, 0.2) is 83.0 Å². The first-order chi connectivity index (χ1) is 27.4. The van der Waals surface area contributed by atoms with Gasteiger partial charge in [0, 0.05) is 26.1 Å². The summed E-state index contributed by atoms with van der Waals surface area (Å²) in [5.74, 6) is -5.37. The van der Waals surface area contributed by atoms with Crippen molar-refractivity contribution in [2.45, 2.75) is 58.2 Å². The second kappa shape index (κ2) is 20.2. The molecule has 310 valence electrons. The maximum absolute atomic E-state index is 14.4. The molecular formula is C40H41F5N4O8S. The predicted molar refractivity (Wildman–Crippen MR) is 205 cm³/mol. The van der Waals surface area contributed by atoms with Gasteiger partial charge in [0.2, 0.25) is 5.91 Å². The number of aryl methyl sites for hydroxylation is 2. The first-order valence-corrected chi connectivity index (χ1v) is 18.8. The zero-order chi connectivity index (χ0) is 42.7. The number of hydrogen-bond donors (Lipinski definition) is 4. The van der Waals surface area contributed by atoms with Gasteiger partial charge in [-0.3, -0.25) is 9.59 Å². The molecular weight excluding hydrogens is 792 g/mol. The highest BCUT2D eigenvalue weighted by Gasteiger charge is 2.30. The number of carboxylic acid groups (broad SMARTS) is 2. The van der Waals surface area contributed by atoms with Crippen LogP contribution in [0.5, 0.6) is 0 Å². The third-order valence-corrected chi connectivity index (χ3v) is 10.1. The monoisotopic (exact) mass is 832 g/mol. The second-order valence-corrected chi connectivity index (χ2v) is 13.9. The van der Waals surface area contributed by atoms with Crippen molar-refractivity contribution in [3.05, 3.63) is 123 Å². The fourth-order valence-electron chi connectivity index (χ4n) is 5.87. The van der Waals surface area contributed by atoms with E-state index in [-0.39, 0.29) is 37.4 Å². The molecule has 0 aliphatic carbocycles. The summed E-state index contributed by atoms with van der Waals surface area (Å²) < 4.78 is 69.4. The number of benzene rings is 3. The molecule has 0 fully saturated rings. The van der Waals surface area contributed by atoms with E-state index in [4.69, 9.17) is 20.4 Å². The van der Waals surface area contributed by atoms with Crippen molar-refractivity contribution in [3.8, 4) is 11.1 Å². The van der Waals surface area contributed by atoms with Gasteiger partial charge in [-0.2, -0.15) is 18.2 Å². The van der Waals surface area contributed by atoms with Crippen LogP contribution in [0, 0.1) is 11.6 Å². The van der Waals surface area contributed by atoms with Gasteiger partial charge in [0.25, 0.3) is 5.56 Å². The van der Waals surface area contributed by atoms with Crippen LogP contribution in [0.3, 0.4) is 0 Å². The molecule has 2 unspecified atom stereocenters. The van der Waals surface area contributed by atoms with Crippen molar-refractivity contribution >= 4 is 39.4 Å². The molecule has 0 saturated heterocycles. The maximum Gasteiger partial charge on any atom is 0.416 e. The van der Waals surface area contributed by atoms with E-state index in [2.05, 4.69) is 9.88 Å². The molecule has 2 aromatic heterocycles. The molecule has 0 bridgehead atoms. The zero-order valence-corrected chi connectivity index (χ0v) is 32.1. The number of alkyl halides is 3. The smallest absolute Gasteiger partial charge is 0.416 e. The van der Waals surface area contributed by atoms with Gasteiger partial charge in [0.05, 0.1) is 11.1 Å². The SMILES string of the molecule is CCN(CC)CCN(Cc1ccc(-c2ccc(C(F)(F)F)cc2)cc1)C(=O)Cn1c(CCc2cccc(F)c2F)nc(=O)c2sccc21.O=C(O)C(O)C(O)C(=O)O. The molecule has 0 spiro atoms. The average Bonchev–Trinajstić information content (AvgIpc) is 3.70. The lowest BCUT2D eigenvalue weighted by Crippen LogP contribution is -2.40. The zero-order valence-electron chi connectivity index (χ0n) is 31.3. The van der Waals surface area contributed by atoms with Gasteiger partial charge in [-0.25, -0.2) is 18.4 Å². The highest BCUT2D eigenvalue weighted by atomic mass is 32.1. The first kappa shape index (κ1) is 45.1. The third-order valence-electron chi connectivity index (χ3n) is 9.23. The Morgan fingerprint density at radius 1 is 0.828 bits per heavy atom. The third kappa shape index (κ3) is 11.7. The Balaban J connectivity index is 0.000000657. The minimum atomic E-state index is -4.41. The molecule has 1 amide bonds. The lowest BCUT2D eigenvalue weighted by molar-refractivity contribution is -0.165. The summed E-state index contributed by atoms with van der Waals surface area (Å²) in [6, 6.07) is 18.0. The number of rotatable bonds is 16. The maximum atomic E-state index is 14.4. The van der Waals surface area contributed by atoms with E-state index >= 15 is 0 Å². The van der Waals surface area contributed by atoms with Gasteiger partial charge >= 0.3 is 18.1 Å². The van der Waals surface area contributed by atoms with Crippen LogP contribution in [0.4, 0.5) is 22.0 Å². The van der Waals surface area contributed by atoms with E-state index < -0.39 is 53.1 Å². The number of hydrogen-bond acceptors (Lipinski definition) is 9. The Morgan fingerprint density at radius 2 is 1.41 bits per heavy atom. The van der Waals surface area contributed by atoms with Crippen LogP contribution in [0.25, 0.3) is 21.3 Å². The molecule has 3 aromatic carbocycles. The van der Waals surface area contributed by atoms with Crippen LogP contribution in [-0.2, 0) is 46.5 Å². The number of aliphatic hydroxyl groups excluding tert-OH is 2. The van der Waals surface area contributed by atoms with Crippen molar-refractivity contribution in [2.24, 2.45) is 0 Å². The summed E-state index contributed by atoms with van der Waals surface area (Å²) in [6.45, 7) is 6.91. The van der Waals surface area contributed by atoms with Gasteiger partial charge in [-0.05, 0) is 71.4 Å². The number of halogens is 5. The van der Waals surface area contributed by atoms with Crippen LogP contribution in [-0.4, -0.2) is 96.0 Å². The van der Waals surface area contributed by atoms with E-state index in [1.54, 1.807) is 20.9 Å². The molecule has 12 nitrogen and oxygen atoms in total. The van der Waals surface area contributed by atoms with Crippen LogP contribution in [0.1, 0.15) is 36.4 Å². The highest BCUT2D eigenvalue weighted by Crippen LogP contribution is 2.31. The molecule has 0 saturated carbocycles. The van der Waals surface area contributed by atoms with Crippen molar-refractivity contribution in [1.29, 1.82) is 0 Å². The minimum Gasteiger partial charge on any atom is -0.479 e. The number of aliphatic hydroxyl groups is 2. The average molecular weight is 833 g/mol. The van der Waals surface area contributed by atoms with Crippen LogP contribution in [0.2, 0.25) is 0 Å². The van der Waals surface area contributed by atoms with E-state index in [9.17, 15) is 41.1 Å². The van der Waals surface area contributed by atoms with Crippen molar-refractivity contribution in [3.63, 3.8) is 0 Å². The van der Waals surface area contributed by atoms with Crippen molar-refractivity contribution in [1.82, 2.24) is 19.4 Å². The predicted octanol–water partition coefficient (Wildman–Crippen LogP) is 5.46. The molecule has 4 N–H and O–H groups in total. The lowest BCUT2D eigenvalue weighted by atomic mass is 10.0. The molecule has 2 atom stereocenters. The fourth-order valence-corrected chi connectivity index (χ4v) is 6.65. The minimum absolute atomic E-state index is 0.0802.